The van der Waals surface area contributed by atoms with Gasteiger partial charge in [0.1, 0.15) is 0 Å². The lowest BCUT2D eigenvalue weighted by Crippen LogP contribution is -2.39. The molecule has 0 saturated heterocycles. The molecule has 1 aromatic carbocycles. The Morgan fingerprint density at radius 2 is 2.05 bits per heavy atom. The number of carbonyl (C=O) groups is 1. The molecule has 0 radical (unpaired) electrons. The molecule has 0 aliphatic heterocycles. The second-order valence-corrected chi connectivity index (χ2v) is 5.57. The van der Waals surface area contributed by atoms with E-state index in [0.717, 1.165) is 18.4 Å². The normalized spacial score (nSPS) is 16.1. The first-order chi connectivity index (χ1) is 9.06. The van der Waals surface area contributed by atoms with Crippen molar-refractivity contribution in [3.63, 3.8) is 0 Å². The maximum absolute atomic E-state index is 11.2. The molecule has 4 nitrogen and oxygen atoms in total. The predicted octanol–water partition coefficient (Wildman–Crippen LogP) is 2.15. The molecule has 0 unspecified atom stereocenters. The Morgan fingerprint density at radius 3 is 2.63 bits per heavy atom. The van der Waals surface area contributed by atoms with Crippen molar-refractivity contribution in [3.05, 3.63) is 28.8 Å². The Hall–Kier alpha value is -1.26. The van der Waals surface area contributed by atoms with Gasteiger partial charge in [-0.25, -0.2) is 0 Å². The van der Waals surface area contributed by atoms with E-state index in [0.29, 0.717) is 23.3 Å². The lowest BCUT2D eigenvalue weighted by Gasteiger charge is -2.28. The van der Waals surface area contributed by atoms with Crippen molar-refractivity contribution >= 4 is 23.2 Å². The first-order valence-electron chi connectivity index (χ1n) is 6.62. The number of primary amides is 1. The van der Waals surface area contributed by atoms with Crippen LogP contribution < -0.4 is 11.5 Å². The van der Waals surface area contributed by atoms with Crippen LogP contribution in [-0.2, 0) is 11.3 Å². The summed E-state index contributed by atoms with van der Waals surface area (Å²) >= 11 is 6.19. The van der Waals surface area contributed by atoms with Gasteiger partial charge in [-0.2, -0.15) is 0 Å². The van der Waals surface area contributed by atoms with E-state index in [-0.39, 0.29) is 12.5 Å². The molecule has 1 aliphatic carbocycles. The number of benzene rings is 1. The molecule has 1 aromatic rings. The first-order valence-corrected chi connectivity index (χ1v) is 7.00. The van der Waals surface area contributed by atoms with Crippen LogP contribution in [0.2, 0.25) is 5.02 Å². The Labute approximate surface area is 118 Å². The Balaban J connectivity index is 2.12. The van der Waals surface area contributed by atoms with Gasteiger partial charge >= 0.3 is 0 Å². The van der Waals surface area contributed by atoms with Crippen molar-refractivity contribution in [2.75, 3.05) is 12.3 Å². The summed E-state index contributed by atoms with van der Waals surface area (Å²) in [5.41, 5.74) is 12.7. The average Bonchev–Trinajstić information content (AvgIpc) is 2.84. The van der Waals surface area contributed by atoms with E-state index in [4.69, 9.17) is 23.1 Å². The molecule has 0 bridgehead atoms. The van der Waals surface area contributed by atoms with Gasteiger partial charge in [-0.3, -0.25) is 9.69 Å². The quantitative estimate of drug-likeness (QED) is 0.812. The highest BCUT2D eigenvalue weighted by Crippen LogP contribution is 2.27. The summed E-state index contributed by atoms with van der Waals surface area (Å²) in [5.74, 6) is -0.293. The first kappa shape index (κ1) is 14.2. The molecular formula is C14H20ClN3O. The molecule has 1 fully saturated rings. The summed E-state index contributed by atoms with van der Waals surface area (Å²) < 4.78 is 0. The van der Waals surface area contributed by atoms with Crippen molar-refractivity contribution < 1.29 is 4.79 Å². The highest BCUT2D eigenvalue weighted by Gasteiger charge is 2.24. The van der Waals surface area contributed by atoms with E-state index >= 15 is 0 Å². The number of amides is 1. The number of nitrogens with two attached hydrogens (primary N) is 2. The minimum absolute atomic E-state index is 0.283. The number of rotatable bonds is 5. The van der Waals surface area contributed by atoms with Crippen molar-refractivity contribution in [1.29, 1.82) is 0 Å². The van der Waals surface area contributed by atoms with E-state index < -0.39 is 0 Å². The van der Waals surface area contributed by atoms with Gasteiger partial charge in [-0.1, -0.05) is 30.5 Å². The minimum atomic E-state index is -0.293. The molecule has 5 heteroatoms. The van der Waals surface area contributed by atoms with E-state index in [1.54, 1.807) is 6.07 Å². The summed E-state index contributed by atoms with van der Waals surface area (Å²) in [5, 5.41) is 0.646. The molecule has 2 rings (SSSR count). The summed E-state index contributed by atoms with van der Waals surface area (Å²) in [6.45, 7) is 0.929. The maximum atomic E-state index is 11.2. The third kappa shape index (κ3) is 3.85. The van der Waals surface area contributed by atoms with Gasteiger partial charge in [0.15, 0.2) is 0 Å². The number of nitrogen functional groups attached to an aromatic ring is 1. The number of carbonyl (C=O) groups excluding carboxylic acids is 1. The molecule has 0 spiro atoms. The van der Waals surface area contributed by atoms with Gasteiger partial charge in [-0.15, -0.1) is 0 Å². The van der Waals surface area contributed by atoms with Crippen molar-refractivity contribution in [3.8, 4) is 0 Å². The number of halogens is 1. The lowest BCUT2D eigenvalue weighted by molar-refractivity contribution is -0.119. The highest BCUT2D eigenvalue weighted by molar-refractivity contribution is 6.31. The van der Waals surface area contributed by atoms with E-state index in [1.807, 2.05) is 12.1 Å². The largest absolute Gasteiger partial charge is 0.399 e. The maximum Gasteiger partial charge on any atom is 0.231 e. The van der Waals surface area contributed by atoms with Gasteiger partial charge < -0.3 is 11.5 Å². The molecule has 0 atom stereocenters. The number of hydrogen-bond acceptors (Lipinski definition) is 3. The monoisotopic (exact) mass is 281 g/mol. The van der Waals surface area contributed by atoms with Gasteiger partial charge in [0.25, 0.3) is 0 Å². The van der Waals surface area contributed by atoms with Crippen LogP contribution >= 0.6 is 11.6 Å². The van der Waals surface area contributed by atoms with Crippen LogP contribution in [0.3, 0.4) is 0 Å². The zero-order valence-corrected chi connectivity index (χ0v) is 11.7. The Bertz CT molecular complexity index is 458. The topological polar surface area (TPSA) is 72.4 Å². The molecule has 0 aromatic heterocycles. The van der Waals surface area contributed by atoms with Gasteiger partial charge in [-0.05, 0) is 30.5 Å². The highest BCUT2D eigenvalue weighted by atomic mass is 35.5. The molecule has 1 amide bonds. The van der Waals surface area contributed by atoms with Crippen molar-refractivity contribution in [2.45, 2.75) is 38.3 Å². The summed E-state index contributed by atoms with van der Waals surface area (Å²) in [6.07, 6.45) is 4.69. The predicted molar refractivity (Wildman–Crippen MR) is 77.7 cm³/mol. The molecule has 1 aliphatic rings. The molecule has 1 saturated carbocycles. The number of anilines is 1. The summed E-state index contributed by atoms with van der Waals surface area (Å²) in [7, 11) is 0. The van der Waals surface area contributed by atoms with Crippen LogP contribution in [0.15, 0.2) is 18.2 Å². The fraction of sp³-hybridized carbons (Fsp3) is 0.500. The zero-order chi connectivity index (χ0) is 13.8. The fourth-order valence-electron chi connectivity index (χ4n) is 2.69. The SMILES string of the molecule is NC(=O)CN(Cc1ccc(N)cc1Cl)C1CCCC1. The molecule has 19 heavy (non-hydrogen) atoms. The van der Waals surface area contributed by atoms with Crippen molar-refractivity contribution in [2.24, 2.45) is 5.73 Å². The second kappa shape index (κ2) is 6.26. The standard InChI is InChI=1S/C14H20ClN3O/c15-13-7-11(16)6-5-10(13)8-18(9-14(17)19)12-3-1-2-4-12/h5-7,12H,1-4,8-9,16H2,(H2,17,19). The van der Waals surface area contributed by atoms with Crippen LogP contribution in [0.25, 0.3) is 0 Å². The Morgan fingerprint density at radius 1 is 1.37 bits per heavy atom. The summed E-state index contributed by atoms with van der Waals surface area (Å²) in [6, 6.07) is 5.92. The third-order valence-electron chi connectivity index (χ3n) is 3.65. The van der Waals surface area contributed by atoms with Gasteiger partial charge in [0.05, 0.1) is 6.54 Å². The van der Waals surface area contributed by atoms with Crippen molar-refractivity contribution in [1.82, 2.24) is 4.90 Å². The Kier molecular flexibility index (Phi) is 4.66. The molecular weight excluding hydrogens is 262 g/mol. The van der Waals surface area contributed by atoms with Crippen LogP contribution in [0.1, 0.15) is 31.2 Å². The number of nitrogens with zero attached hydrogens (tertiary/aromatic N) is 1. The summed E-state index contributed by atoms with van der Waals surface area (Å²) in [4.78, 5) is 13.4. The average molecular weight is 282 g/mol. The van der Waals surface area contributed by atoms with Crippen LogP contribution in [-0.4, -0.2) is 23.4 Å². The smallest absolute Gasteiger partial charge is 0.231 e. The van der Waals surface area contributed by atoms with E-state index in [2.05, 4.69) is 4.90 Å². The molecule has 104 valence electrons. The minimum Gasteiger partial charge on any atom is -0.399 e. The fourth-order valence-corrected chi connectivity index (χ4v) is 2.94. The van der Waals surface area contributed by atoms with Crippen LogP contribution in [0.5, 0.6) is 0 Å². The van der Waals surface area contributed by atoms with E-state index in [1.165, 1.54) is 12.8 Å². The van der Waals surface area contributed by atoms with Gasteiger partial charge in [0.2, 0.25) is 5.91 Å². The zero-order valence-electron chi connectivity index (χ0n) is 10.9. The molecule has 0 heterocycles. The molecule has 4 N–H and O–H groups in total. The van der Waals surface area contributed by atoms with E-state index in [9.17, 15) is 4.79 Å². The lowest BCUT2D eigenvalue weighted by atomic mass is 10.1. The second-order valence-electron chi connectivity index (χ2n) is 5.16. The van der Waals surface area contributed by atoms with Crippen LogP contribution in [0, 0.1) is 0 Å². The van der Waals surface area contributed by atoms with Crippen LogP contribution in [0.4, 0.5) is 5.69 Å². The number of hydrogen-bond donors (Lipinski definition) is 2. The van der Waals surface area contributed by atoms with Gasteiger partial charge in [0, 0.05) is 23.3 Å². The third-order valence-corrected chi connectivity index (χ3v) is 4.00.